The summed E-state index contributed by atoms with van der Waals surface area (Å²) in [5.74, 6) is 1.41. The third kappa shape index (κ3) is 6.50. The van der Waals surface area contributed by atoms with Crippen molar-refractivity contribution in [2.45, 2.75) is 25.8 Å². The number of aliphatic hydroxyl groups excluding tert-OH is 1. The van der Waals surface area contributed by atoms with Crippen molar-refractivity contribution in [3.63, 3.8) is 0 Å². The fraction of sp³-hybridized carbons (Fsp3) is 0.500. The molecule has 0 unspecified atom stereocenters. The lowest BCUT2D eigenvalue weighted by molar-refractivity contribution is 0.283. The number of methoxy groups -OCH3 is 1. The van der Waals surface area contributed by atoms with Gasteiger partial charge in [0.05, 0.1) is 11.6 Å². The lowest BCUT2D eigenvalue weighted by atomic mass is 10.2. The van der Waals surface area contributed by atoms with E-state index in [0.29, 0.717) is 18.1 Å². The molecule has 0 heterocycles. The van der Waals surface area contributed by atoms with E-state index in [1.54, 1.807) is 13.2 Å². The third-order valence-electron chi connectivity index (χ3n) is 2.98. The quantitative estimate of drug-likeness (QED) is 0.471. The number of nitrogens with one attached hydrogen (secondary N) is 1. The van der Waals surface area contributed by atoms with Crippen LogP contribution in [-0.4, -0.2) is 32.0 Å². The summed E-state index contributed by atoms with van der Waals surface area (Å²) in [6.45, 7) is 6.07. The first-order chi connectivity index (χ1) is 10.2. The van der Waals surface area contributed by atoms with E-state index in [1.807, 2.05) is 12.1 Å². The van der Waals surface area contributed by atoms with Gasteiger partial charge in [0.15, 0.2) is 11.5 Å². The van der Waals surface area contributed by atoms with Crippen LogP contribution in [0.1, 0.15) is 24.8 Å². The first-order valence-electron chi connectivity index (χ1n) is 7.14. The van der Waals surface area contributed by atoms with Gasteiger partial charge in [-0.2, -0.15) is 0 Å². The Balaban J connectivity index is 2.55. The summed E-state index contributed by atoms with van der Waals surface area (Å²) in [5.41, 5.74) is 1.13. The molecule has 1 rings (SSSR count). The Kier molecular flexibility index (Phi) is 9.14. The smallest absolute Gasteiger partial charge is 0.175 e. The molecule has 0 spiro atoms. The maximum absolute atomic E-state index is 8.72. The molecule has 0 radical (unpaired) electrons. The molecule has 0 bridgehead atoms. The van der Waals surface area contributed by atoms with Crippen LogP contribution in [0.4, 0.5) is 0 Å². The molecule has 0 atom stereocenters. The fourth-order valence-corrected chi connectivity index (χ4v) is 2.53. The normalized spacial score (nSPS) is 10.4. The number of ether oxygens (including phenoxy) is 2. The Labute approximate surface area is 135 Å². The van der Waals surface area contributed by atoms with Gasteiger partial charge in [0.1, 0.15) is 6.61 Å². The van der Waals surface area contributed by atoms with E-state index in [1.165, 1.54) is 0 Å². The number of hydrogen-bond donors (Lipinski definition) is 2. The summed E-state index contributed by atoms with van der Waals surface area (Å²) in [7, 11) is 1.63. The second kappa shape index (κ2) is 10.7. The van der Waals surface area contributed by atoms with Crippen LogP contribution in [0, 0.1) is 0 Å². The lowest BCUT2D eigenvalue weighted by Crippen LogP contribution is -2.15. The second-order valence-electron chi connectivity index (χ2n) is 4.67. The molecule has 1 aromatic carbocycles. The van der Waals surface area contributed by atoms with Crippen LogP contribution in [-0.2, 0) is 6.54 Å². The summed E-state index contributed by atoms with van der Waals surface area (Å²) in [6.07, 6.45) is 4.69. The largest absolute Gasteiger partial charge is 0.493 e. The number of benzene rings is 1. The number of rotatable bonds is 11. The number of aliphatic hydroxyl groups is 1. The zero-order valence-corrected chi connectivity index (χ0v) is 14.1. The molecule has 0 saturated carbocycles. The highest BCUT2D eigenvalue weighted by molar-refractivity contribution is 9.10. The molecule has 2 N–H and O–H groups in total. The van der Waals surface area contributed by atoms with Crippen LogP contribution < -0.4 is 14.8 Å². The van der Waals surface area contributed by atoms with Crippen LogP contribution in [0.3, 0.4) is 0 Å². The summed E-state index contributed by atoms with van der Waals surface area (Å²) in [5, 5.41) is 12.1. The number of halogens is 1. The minimum Gasteiger partial charge on any atom is -0.493 e. The van der Waals surface area contributed by atoms with Crippen molar-refractivity contribution in [3.05, 3.63) is 34.8 Å². The zero-order chi connectivity index (χ0) is 15.5. The Hall–Kier alpha value is -1.04. The van der Waals surface area contributed by atoms with Crippen LogP contribution in [0.2, 0.25) is 0 Å². The molecular weight excluding hydrogens is 334 g/mol. The average Bonchev–Trinajstić information content (AvgIpc) is 2.49. The molecule has 0 aliphatic heterocycles. The van der Waals surface area contributed by atoms with E-state index < -0.39 is 0 Å². The highest BCUT2D eigenvalue weighted by Crippen LogP contribution is 2.36. The van der Waals surface area contributed by atoms with E-state index in [4.69, 9.17) is 14.6 Å². The monoisotopic (exact) mass is 357 g/mol. The highest BCUT2D eigenvalue weighted by atomic mass is 79.9. The summed E-state index contributed by atoms with van der Waals surface area (Å²) in [6, 6.07) is 4.01. The lowest BCUT2D eigenvalue weighted by Gasteiger charge is -2.14. The van der Waals surface area contributed by atoms with Gasteiger partial charge in [-0.15, -0.1) is 0 Å². The Bertz CT molecular complexity index is 438. The number of hydrogen-bond acceptors (Lipinski definition) is 4. The molecule has 5 heteroatoms. The first kappa shape index (κ1) is 18.0. The summed E-state index contributed by atoms with van der Waals surface area (Å²) in [4.78, 5) is 0. The maximum atomic E-state index is 8.72. The van der Waals surface area contributed by atoms with Gasteiger partial charge in [-0.25, -0.2) is 0 Å². The van der Waals surface area contributed by atoms with Crippen molar-refractivity contribution < 1.29 is 14.6 Å². The van der Waals surface area contributed by atoms with E-state index in [9.17, 15) is 0 Å². The van der Waals surface area contributed by atoms with Gasteiger partial charge in [-0.05, 0) is 59.4 Å². The van der Waals surface area contributed by atoms with E-state index in [-0.39, 0.29) is 6.61 Å². The predicted molar refractivity (Wildman–Crippen MR) is 89.0 cm³/mol. The van der Waals surface area contributed by atoms with Crippen LogP contribution in [0.25, 0.3) is 0 Å². The molecule has 0 aliphatic carbocycles. The van der Waals surface area contributed by atoms with E-state index in [0.717, 1.165) is 42.4 Å². The fourth-order valence-electron chi connectivity index (χ4n) is 1.93. The molecule has 0 aromatic heterocycles. The van der Waals surface area contributed by atoms with Crippen molar-refractivity contribution in [2.75, 3.05) is 26.9 Å². The topological polar surface area (TPSA) is 50.7 Å². The van der Waals surface area contributed by atoms with E-state index >= 15 is 0 Å². The molecule has 118 valence electrons. The Morgan fingerprint density at radius 3 is 2.81 bits per heavy atom. The second-order valence-corrected chi connectivity index (χ2v) is 5.52. The van der Waals surface area contributed by atoms with Gasteiger partial charge in [0.2, 0.25) is 0 Å². The maximum Gasteiger partial charge on any atom is 0.175 e. The minimum atomic E-state index is 0.274. The predicted octanol–water partition coefficient (Wildman–Crippen LogP) is 3.27. The van der Waals surface area contributed by atoms with Gasteiger partial charge < -0.3 is 19.9 Å². The number of unbranched alkanes of at least 4 members (excludes halogenated alkanes) is 2. The molecular formula is C16H24BrNO3. The third-order valence-corrected chi connectivity index (χ3v) is 3.56. The Morgan fingerprint density at radius 2 is 2.14 bits per heavy atom. The SMILES string of the molecule is C=CCOc1c(Br)cc(CNCCCCCO)cc1OC. The standard InChI is InChI=1S/C16H24BrNO3/c1-3-9-21-16-14(17)10-13(11-15(16)20-2)12-18-7-5-4-6-8-19/h3,10-11,18-19H,1,4-9,12H2,2H3. The van der Waals surface area contributed by atoms with Gasteiger partial charge in [0, 0.05) is 13.2 Å². The average molecular weight is 358 g/mol. The van der Waals surface area contributed by atoms with Crippen LogP contribution in [0.15, 0.2) is 29.3 Å². The molecule has 4 nitrogen and oxygen atoms in total. The molecule has 0 amide bonds. The van der Waals surface area contributed by atoms with Crippen LogP contribution >= 0.6 is 15.9 Å². The van der Waals surface area contributed by atoms with Crippen molar-refractivity contribution >= 4 is 15.9 Å². The molecule has 1 aromatic rings. The van der Waals surface area contributed by atoms with Gasteiger partial charge in [-0.3, -0.25) is 0 Å². The van der Waals surface area contributed by atoms with Crippen molar-refractivity contribution in [2.24, 2.45) is 0 Å². The van der Waals surface area contributed by atoms with E-state index in [2.05, 4.69) is 27.8 Å². The molecule has 0 fully saturated rings. The van der Waals surface area contributed by atoms with Gasteiger partial charge in [-0.1, -0.05) is 12.7 Å². The van der Waals surface area contributed by atoms with Crippen molar-refractivity contribution in [3.8, 4) is 11.5 Å². The van der Waals surface area contributed by atoms with Crippen LogP contribution in [0.5, 0.6) is 11.5 Å². The molecule has 0 saturated heterocycles. The highest BCUT2D eigenvalue weighted by Gasteiger charge is 2.11. The van der Waals surface area contributed by atoms with Gasteiger partial charge in [0.25, 0.3) is 0 Å². The Morgan fingerprint density at radius 1 is 1.33 bits per heavy atom. The van der Waals surface area contributed by atoms with Gasteiger partial charge >= 0.3 is 0 Å². The summed E-state index contributed by atoms with van der Waals surface area (Å²) >= 11 is 3.52. The van der Waals surface area contributed by atoms with Crippen molar-refractivity contribution in [1.82, 2.24) is 5.32 Å². The zero-order valence-electron chi connectivity index (χ0n) is 12.5. The summed E-state index contributed by atoms with van der Waals surface area (Å²) < 4.78 is 11.9. The van der Waals surface area contributed by atoms with Crippen molar-refractivity contribution in [1.29, 1.82) is 0 Å². The molecule has 0 aliphatic rings. The first-order valence-corrected chi connectivity index (χ1v) is 7.94. The minimum absolute atomic E-state index is 0.274. The molecule has 21 heavy (non-hydrogen) atoms.